The number of aliphatic hydroxyl groups is 11. The Hall–Kier alpha value is 2.22. The van der Waals surface area contributed by atoms with Crippen LogP contribution in [0, 0.1) is 88.1 Å². The van der Waals surface area contributed by atoms with Crippen LogP contribution >= 0.6 is 0 Å². The zero-order valence-electron chi connectivity index (χ0n) is 79.9. The van der Waals surface area contributed by atoms with E-state index in [9.17, 15) is 101 Å². The van der Waals surface area contributed by atoms with E-state index >= 15 is 0 Å². The maximum atomic E-state index is 12.7. The predicted molar refractivity (Wildman–Crippen MR) is 412 cm³/mol. The fourth-order valence-corrected chi connectivity index (χ4v) is 12.3. The number of hydrogen-bond acceptors (Lipinski definition) is 59. The molecule has 804 valence electrons. The van der Waals surface area contributed by atoms with Crippen molar-refractivity contribution in [1.82, 2.24) is 21.3 Å². The van der Waals surface area contributed by atoms with Gasteiger partial charge < -0.3 is 181 Å². The van der Waals surface area contributed by atoms with Gasteiger partial charge in [0.05, 0.1) is 33.0 Å². The standard InChI is InChI=1S/C61H84N4O39S2.4CO2.10Na.4H2O4S.5H2/c1-6-7-8-9-10-11-12-13-87-58-46(62-26(2)68)50(77)54(35(18-66)94-58)101-43-15-31(73)37(21-89-43)96-59-47(63-27(3)69)51(78)55(36(19-67)95-59)102-44-16-32(74)38(22-90-44)97-61-49(65-29(5)71)53(80)57(41(100-61)25-93-106(84,85)86)104-45-17-33(75)39(23-91-45)98-60-48(64-28(4)70)52(79)56(40(99-60)24-92-105(81,82)83)103-42-14-30(72)34(76)20-88-42;4*2-1-3;;;;;;;;;;;4*1-5(2,3)4;;;;;/h1,14-17,20-23,30-61,66-67,72-80H,11-13,18-19,24-25H2,2-5H3,(H,62,68)(H,63,69)(H,64,70)(H,65,71)(H,81,82,83)(H,84,85,86);;;;;;;;;;;;;;;4*(H2,1,2,3,4);5*1H/q-8;;;;;10*+1;;;;;;;;;/p-6/t30-,31-,32-,33-,34+,35?,36?,37+,38+,39+,40?,41?,42-,43-,44-,45-,46?,47?,48?,49?,50+,51+,52+,53+,54+,55+,56+,57+,58+,59-,60+,61+;;;;;;;;;;;;;;;;;;;;;;;/m0......................./s1. The van der Waals surface area contributed by atoms with Gasteiger partial charge in [-0.3, -0.25) is 45.8 Å². The Morgan fingerprint density at radius 1 is 0.358 bits per heavy atom. The molecule has 0 aromatic carbocycles. The first-order valence-corrected chi connectivity index (χ1v) is 44.9. The topological polar surface area (TPSA) is 1070 Å². The minimum Gasteiger partial charge on any atom is -0.726 e. The van der Waals surface area contributed by atoms with E-state index in [0.717, 1.165) is 72.9 Å². The number of unbranched alkanes of at least 4 members (excludes halogenated alkanes) is 1. The van der Waals surface area contributed by atoms with Gasteiger partial charge in [0.25, 0.3) is 0 Å². The van der Waals surface area contributed by atoms with E-state index in [1.807, 2.05) is 0 Å². The van der Waals surface area contributed by atoms with Gasteiger partial charge in [0.2, 0.25) is 86.0 Å². The summed E-state index contributed by atoms with van der Waals surface area (Å²) >= 11 is 0. The van der Waals surface area contributed by atoms with Gasteiger partial charge in [-0.2, -0.15) is 64.8 Å². The number of aliphatic hydroxyl groups excluding tert-OH is 11. The van der Waals surface area contributed by atoms with Gasteiger partial charge in [-0.15, -0.1) is 6.42 Å². The van der Waals surface area contributed by atoms with Crippen molar-refractivity contribution < 1.29 is 597 Å². The van der Waals surface area contributed by atoms with E-state index in [1.165, 1.54) is 6.92 Å². The molecule has 8 rings (SSSR count). The van der Waals surface area contributed by atoms with Crippen LogP contribution in [0.15, 0.2) is 0 Å². The van der Waals surface area contributed by atoms with Crippen molar-refractivity contribution in [3.8, 4) is 36.0 Å². The van der Waals surface area contributed by atoms with E-state index in [2.05, 4.69) is 59.2 Å². The Morgan fingerprint density at radius 3 is 0.818 bits per heavy atom. The van der Waals surface area contributed by atoms with Gasteiger partial charge in [-0.05, 0) is 54.5 Å². The number of rotatable bonds is 30. The predicted octanol–water partition coefficient (Wildman–Crippen LogP) is -45.9. The number of hydrogen-bond donors (Lipinski definition) is 19. The maximum Gasteiger partial charge on any atom is 1.00 e. The molecule has 19 N–H and O–H groups in total. The van der Waals surface area contributed by atoms with Gasteiger partial charge in [0.1, 0.15) is 97.4 Å². The summed E-state index contributed by atoms with van der Waals surface area (Å²) < 4.78 is 303. The van der Waals surface area contributed by atoms with Crippen molar-refractivity contribution in [2.24, 2.45) is 0 Å². The molecule has 0 aliphatic carbocycles. The van der Waals surface area contributed by atoms with Crippen LogP contribution in [0.25, 0.3) is 0 Å². The van der Waals surface area contributed by atoms with E-state index < -0.39 is 309 Å². The number of nitrogens with one attached hydrogen (secondary N) is 4. The molecule has 8 unspecified atom stereocenters. The normalized spacial score (nSPS) is 31.1. The average Bonchev–Trinajstić information content (AvgIpc) is 0.785. The molecule has 8 aliphatic heterocycles. The van der Waals surface area contributed by atoms with Crippen LogP contribution in [0.5, 0.6) is 0 Å². The quantitative estimate of drug-likeness (QED) is 0.00793. The fourth-order valence-electron chi connectivity index (χ4n) is 11.7. The first-order chi connectivity index (χ1) is 63.8. The van der Waals surface area contributed by atoms with Gasteiger partial charge in [-0.25, -0.2) is 76.2 Å². The molecule has 8 aliphatic rings. The number of ether oxygens (including phenoxy) is 16. The summed E-state index contributed by atoms with van der Waals surface area (Å²) in [6.45, 7) is 3.53. The monoisotopic (exact) mass is 2360 g/mol. The summed E-state index contributed by atoms with van der Waals surface area (Å²) in [6.07, 6.45) is -36.9. The van der Waals surface area contributed by atoms with Crippen molar-refractivity contribution in [2.75, 3.05) is 33.0 Å². The molecular weight excluding hydrogens is 2270 g/mol. The molecule has 8 fully saturated rings. The maximum absolute atomic E-state index is 12.7. The van der Waals surface area contributed by atoms with Gasteiger partial charge in [0.15, 0.2) is 25.2 Å². The summed E-state index contributed by atoms with van der Waals surface area (Å²) in [6, 6.07) is -6.27. The fraction of sp³-hybridized carbons (Fsp3) is 0.662. The third kappa shape index (κ3) is 77.0. The summed E-state index contributed by atoms with van der Waals surface area (Å²) in [5.74, 6) is 9.29. The number of carbonyl (C=O) groups excluding carboxylic acids is 12. The molecule has 0 radical (unpaired) electrons. The van der Waals surface area contributed by atoms with Crippen LogP contribution < -0.4 is 317 Å². The average molecular weight is 2360 g/mol. The zero-order valence-corrected chi connectivity index (χ0v) is 105. The first kappa shape index (κ1) is 173. The van der Waals surface area contributed by atoms with Crippen molar-refractivity contribution in [3.63, 3.8) is 0 Å². The summed E-state index contributed by atoms with van der Waals surface area (Å²) in [7, 11) is -30.7. The largest absolute Gasteiger partial charge is 1.00 e. The van der Waals surface area contributed by atoms with Crippen molar-refractivity contribution in [3.05, 3.63) is 52.1 Å². The van der Waals surface area contributed by atoms with Gasteiger partial charge in [-0.1, -0.05) is 30.3 Å². The van der Waals surface area contributed by atoms with E-state index in [1.54, 1.807) is 0 Å². The van der Waals surface area contributed by atoms with Crippen molar-refractivity contribution >= 4 is 111 Å². The van der Waals surface area contributed by atoms with Crippen LogP contribution in [0.3, 0.4) is 0 Å². The Morgan fingerprint density at radius 2 is 0.588 bits per heavy atom. The SMILES string of the molecule is C#CC#CC#CCCCO[C@@H]1OC(CO)[C@@H](O[C@H]2[CH-][C@H](O)[C@H](O[C@@H]3OC(CO)[C@@H](O[C@H]4[CH-][C@H](O)[C@H](O[C@@H]5OC(COS(=O)(=O)[O-])[C@@H](O[C@H]6[CH-][C@H](O)[C@H](O[C@@H]7OC(COS(=O)(=O)[O-])[C@@H](O[C@H]8[CH-][C@H](O)[C@H](O)[CH-]O8)[C@H](O)C7NC(C)=O)[CH-]O6)[C@H](O)C5NC(C)=O)[CH-]O4)[C@H](O)C3NC(C)=O)[CH-]O2)[C@H](O)C1NC(C)=O.O=C=O.O=C=O.O=C=O.O=C=O.O=S(=O)([O-])O.O=S(=O)([O-])O.O=S(=O)([O-])O.O=S(=O)([O-])O.[HH].[HH].[HH].[HH].[HH].[Na+].[Na+].[Na+].[Na+].[Na+].[Na+].[Na+].[Na+].[Na+].[Na+]. The molecular formula is C65H96N4Na10O63S6-4. The molecule has 148 heavy (non-hydrogen) atoms. The van der Waals surface area contributed by atoms with Crippen molar-refractivity contribution in [2.45, 2.75) is 237 Å². The second-order valence-corrected chi connectivity index (χ2v) is 32.0. The van der Waals surface area contributed by atoms with Crippen LogP contribution in [-0.4, -0.2) is 430 Å². The minimum absolute atomic E-state index is 0. The third-order valence-electron chi connectivity index (χ3n) is 16.5. The molecule has 0 aromatic rings. The summed E-state index contributed by atoms with van der Waals surface area (Å²) in [5.41, 5.74) is 0. The minimum atomic E-state index is -5.56. The summed E-state index contributed by atoms with van der Waals surface area (Å²) in [4.78, 5) is 115. The molecule has 0 aromatic heterocycles. The van der Waals surface area contributed by atoms with E-state index in [4.69, 9.17) is 191 Å². The molecule has 0 spiro atoms. The number of carbonyl (C=O) groups is 4. The van der Waals surface area contributed by atoms with E-state index in [-0.39, 0.29) is 334 Å². The Balaban J connectivity index is -0.000000251. The van der Waals surface area contributed by atoms with Crippen LogP contribution in [0.4, 0.5) is 0 Å². The molecule has 8 heterocycles. The molecule has 32 atom stereocenters. The molecule has 83 heteroatoms. The smallest absolute Gasteiger partial charge is 0.726 e. The molecule has 0 saturated carbocycles. The molecule has 67 nitrogen and oxygen atoms in total. The van der Waals surface area contributed by atoms with Crippen molar-refractivity contribution in [1.29, 1.82) is 0 Å². The summed E-state index contributed by atoms with van der Waals surface area (Å²) in [5, 5.41) is 132. The number of amides is 4. The van der Waals surface area contributed by atoms with Crippen LogP contribution in [-0.2, 0) is 204 Å². The first-order valence-electron chi connectivity index (χ1n) is 36.7. The van der Waals surface area contributed by atoms with Gasteiger partial charge >= 0.3 is 320 Å². The van der Waals surface area contributed by atoms with Crippen LogP contribution in [0.2, 0.25) is 0 Å². The van der Waals surface area contributed by atoms with E-state index in [0.29, 0.717) is 12.8 Å². The molecule has 8 saturated heterocycles. The van der Waals surface area contributed by atoms with Crippen LogP contribution in [0.1, 0.15) is 47.7 Å². The second-order valence-electron chi connectivity index (χ2n) is 26.5. The van der Waals surface area contributed by atoms with Gasteiger partial charge in [0, 0.05) is 66.4 Å². The Kier molecular flexibility index (Phi) is 103. The second kappa shape index (κ2) is 88.7. The molecule has 0 bridgehead atoms. The zero-order chi connectivity index (χ0) is 106. The number of terminal acetylenes is 1. The molecule has 4 amide bonds. The third-order valence-corrected chi connectivity index (χ3v) is 17.4. The Labute approximate surface area is 1070 Å². The Bertz CT molecular complexity index is 4660.